The van der Waals surface area contributed by atoms with Crippen LogP contribution in [0.25, 0.3) is 10.9 Å². The lowest BCUT2D eigenvalue weighted by atomic mass is 9.95. The van der Waals surface area contributed by atoms with Gasteiger partial charge in [-0.2, -0.15) is 13.2 Å². The number of benzene rings is 3. The summed E-state index contributed by atoms with van der Waals surface area (Å²) in [6, 6.07) is 15.8. The largest absolute Gasteiger partial charge is 0.495 e. The highest BCUT2D eigenvalue weighted by Gasteiger charge is 2.33. The monoisotopic (exact) mass is 835 g/mol. The number of ether oxygens (including phenoxy) is 2. The zero-order valence-electron chi connectivity index (χ0n) is 34.5. The van der Waals surface area contributed by atoms with E-state index in [2.05, 4.69) is 33.1 Å². The van der Waals surface area contributed by atoms with Gasteiger partial charge in [0.05, 0.1) is 55.8 Å². The molecule has 0 spiro atoms. The summed E-state index contributed by atoms with van der Waals surface area (Å²) in [6.45, 7) is 3.94. The second-order valence-corrected chi connectivity index (χ2v) is 15.6. The van der Waals surface area contributed by atoms with Crippen molar-refractivity contribution in [2.24, 2.45) is 5.92 Å². The number of hydrogen-bond donors (Lipinski definition) is 5. The minimum atomic E-state index is -4.50. The number of carbonyl (C=O) groups excluding carboxylic acids is 2. The molecule has 0 bridgehead atoms. The van der Waals surface area contributed by atoms with Crippen LogP contribution in [0.3, 0.4) is 0 Å². The van der Waals surface area contributed by atoms with E-state index in [1.165, 1.54) is 7.11 Å². The number of anilines is 3. The van der Waals surface area contributed by atoms with Crippen molar-refractivity contribution in [1.29, 1.82) is 0 Å². The van der Waals surface area contributed by atoms with Crippen molar-refractivity contribution < 1.29 is 41.7 Å². The molecule has 6 rings (SSSR count). The second-order valence-electron chi connectivity index (χ2n) is 15.6. The summed E-state index contributed by atoms with van der Waals surface area (Å²) >= 11 is 0. The Hall–Kier alpha value is -5.66. The van der Waals surface area contributed by atoms with Crippen molar-refractivity contribution in [3.05, 3.63) is 77.5 Å². The van der Waals surface area contributed by atoms with Crippen LogP contribution in [-0.2, 0) is 17.8 Å². The molecule has 2 aliphatic heterocycles. The van der Waals surface area contributed by atoms with Gasteiger partial charge in [0.1, 0.15) is 36.9 Å². The quantitative estimate of drug-likeness (QED) is 0.0680. The van der Waals surface area contributed by atoms with Gasteiger partial charge in [0.2, 0.25) is 5.91 Å². The third kappa shape index (κ3) is 10.6. The van der Waals surface area contributed by atoms with Gasteiger partial charge in [0, 0.05) is 48.5 Å². The zero-order valence-corrected chi connectivity index (χ0v) is 34.5. The Morgan fingerprint density at radius 3 is 2.60 bits per heavy atom. The summed E-state index contributed by atoms with van der Waals surface area (Å²) in [5.74, 6) is 6.24. The van der Waals surface area contributed by atoms with Crippen LogP contribution in [0.1, 0.15) is 41.9 Å². The Balaban J connectivity index is 1.07. The van der Waals surface area contributed by atoms with E-state index < -0.39 is 37.0 Å². The van der Waals surface area contributed by atoms with Crippen LogP contribution in [0.15, 0.2) is 60.7 Å². The highest BCUT2D eigenvalue weighted by molar-refractivity contribution is 5.95. The van der Waals surface area contributed by atoms with Gasteiger partial charge in [-0.05, 0) is 79.8 Å². The van der Waals surface area contributed by atoms with Gasteiger partial charge >= 0.3 is 6.18 Å². The summed E-state index contributed by atoms with van der Waals surface area (Å²) < 4.78 is 68.7. The van der Waals surface area contributed by atoms with Gasteiger partial charge in [0.25, 0.3) is 5.91 Å². The molecule has 60 heavy (non-hydrogen) atoms. The molecule has 1 saturated heterocycles. The van der Waals surface area contributed by atoms with Crippen molar-refractivity contribution >= 4 is 39.8 Å². The first-order valence-corrected chi connectivity index (χ1v) is 20.0. The van der Waals surface area contributed by atoms with E-state index in [0.29, 0.717) is 58.7 Å². The molecule has 0 saturated carbocycles. The fourth-order valence-corrected chi connectivity index (χ4v) is 7.89. The Kier molecular flexibility index (Phi) is 14.0. The fourth-order valence-electron chi connectivity index (χ4n) is 7.89. The number of likely N-dealkylation sites (N-methyl/N-ethyl adjacent to an activating group) is 1. The molecule has 12 nitrogen and oxygen atoms in total. The zero-order chi connectivity index (χ0) is 43.1. The molecule has 1 fully saturated rings. The number of alkyl halides is 4. The number of nitrogens with zero attached hydrogens (tertiary/aromatic N) is 3. The molecule has 2 amide bonds. The van der Waals surface area contributed by atoms with Crippen LogP contribution < -0.4 is 35.6 Å². The number of aliphatic hydroxyl groups is 1. The normalized spacial score (nSPS) is 19.7. The predicted octanol–water partition coefficient (Wildman–Crippen LogP) is 5.43. The molecule has 322 valence electrons. The molecule has 0 radical (unpaired) electrons. The van der Waals surface area contributed by atoms with E-state index in [1.54, 1.807) is 42.5 Å². The van der Waals surface area contributed by atoms with Crippen molar-refractivity contribution in [3.63, 3.8) is 0 Å². The fraction of sp³-hybridized carbons (Fsp3) is 0.455. The third-order valence-corrected chi connectivity index (χ3v) is 10.9. The molecule has 2 aliphatic rings. The molecule has 5 N–H and O–H groups in total. The number of amides is 2. The van der Waals surface area contributed by atoms with Crippen molar-refractivity contribution in [3.8, 4) is 23.3 Å². The van der Waals surface area contributed by atoms with Crippen LogP contribution in [0, 0.1) is 17.8 Å². The van der Waals surface area contributed by atoms with E-state index in [0.717, 1.165) is 15.8 Å². The standard InChI is InChI=1S/C44H53F4N7O5/c1-27(2)41-43(58)51-30(25-56)20-28-11-13-32(23-39(28)54(41)4)60-19-17-50-42(57)29-12-14-37(40(21-29)59-5)49-16-7-8-31-22-33-35(52-36-15-18-53(3)24-34(36)45)9-6-10-38(33)55(31)26-44(46,47)48/h6,9-14,21-23,27,30,34,36,41,49,52,56H,15-20,24-26H2,1-5H3,(H,50,57)(H,51,58)/t30-,34-,36+,41-/m0/s1. The smallest absolute Gasteiger partial charge is 0.406 e. The van der Waals surface area contributed by atoms with E-state index in [9.17, 15) is 32.3 Å². The summed E-state index contributed by atoms with van der Waals surface area (Å²) in [7, 11) is 5.18. The van der Waals surface area contributed by atoms with Crippen LogP contribution in [0.5, 0.6) is 11.5 Å². The third-order valence-electron chi connectivity index (χ3n) is 10.9. The number of piperidine rings is 1. The maximum absolute atomic E-state index is 14.8. The van der Waals surface area contributed by atoms with Crippen molar-refractivity contribution in [2.45, 2.75) is 63.7 Å². The molecule has 4 atom stereocenters. The molecule has 3 heterocycles. The Bertz CT molecular complexity index is 2220. The van der Waals surface area contributed by atoms with Crippen molar-refractivity contribution in [1.82, 2.24) is 20.1 Å². The van der Waals surface area contributed by atoms with Gasteiger partial charge in [-0.3, -0.25) is 9.59 Å². The minimum Gasteiger partial charge on any atom is -0.495 e. The van der Waals surface area contributed by atoms with Gasteiger partial charge in [-0.1, -0.05) is 31.9 Å². The minimum absolute atomic E-state index is 0.0119. The topological polar surface area (TPSA) is 132 Å². The number of hydrogen-bond acceptors (Lipinski definition) is 9. The molecule has 0 aliphatic carbocycles. The van der Waals surface area contributed by atoms with Gasteiger partial charge in [-0.25, -0.2) is 4.39 Å². The molecule has 3 aromatic carbocycles. The first-order chi connectivity index (χ1) is 28.6. The predicted molar refractivity (Wildman–Crippen MR) is 225 cm³/mol. The van der Waals surface area contributed by atoms with Gasteiger partial charge in [0.15, 0.2) is 0 Å². The van der Waals surface area contributed by atoms with Gasteiger partial charge in [-0.15, -0.1) is 0 Å². The maximum Gasteiger partial charge on any atom is 0.406 e. The number of aliphatic hydroxyl groups excluding tert-OH is 1. The SMILES string of the molecule is COc1cc(C(=O)NCCOc2ccc3c(c2)N(C)[C@@H](C(C)C)C(=O)N[C@H](CO)C3)ccc1NCC#Cc1cc2c(N[C@@H]3CCN(C)C[C@@H]3F)cccc2n1CC(F)(F)F. The number of halogens is 4. The lowest BCUT2D eigenvalue weighted by Gasteiger charge is -2.37. The summed E-state index contributed by atoms with van der Waals surface area (Å²) in [5, 5.41) is 22.5. The second kappa shape index (κ2) is 19.2. The first kappa shape index (κ1) is 43.9. The number of nitrogens with one attached hydrogen (secondary N) is 4. The number of rotatable bonds is 13. The van der Waals surface area contributed by atoms with Crippen LogP contribution in [0.2, 0.25) is 0 Å². The summed E-state index contributed by atoms with van der Waals surface area (Å²) in [5.41, 5.74) is 3.72. The first-order valence-electron chi connectivity index (χ1n) is 20.0. The van der Waals surface area contributed by atoms with Crippen LogP contribution in [0.4, 0.5) is 34.6 Å². The maximum atomic E-state index is 14.8. The molecule has 4 aromatic rings. The highest BCUT2D eigenvalue weighted by atomic mass is 19.4. The summed E-state index contributed by atoms with van der Waals surface area (Å²) in [6.07, 6.45) is -4.60. The average molecular weight is 836 g/mol. The number of carbonyl (C=O) groups is 2. The highest BCUT2D eigenvalue weighted by Crippen LogP contribution is 2.33. The average Bonchev–Trinajstić information content (AvgIpc) is 3.54. The van der Waals surface area contributed by atoms with Crippen LogP contribution in [-0.4, -0.2) is 117 Å². The molecular weight excluding hydrogens is 783 g/mol. The molecule has 1 aromatic heterocycles. The Morgan fingerprint density at radius 1 is 1.08 bits per heavy atom. The van der Waals surface area contributed by atoms with E-state index >= 15 is 0 Å². The number of methoxy groups -OCH3 is 1. The Morgan fingerprint density at radius 2 is 1.88 bits per heavy atom. The van der Waals surface area contributed by atoms with Crippen LogP contribution >= 0.6 is 0 Å². The molecular formula is C44H53F4N7O5. The van der Waals surface area contributed by atoms with Crippen molar-refractivity contribution in [2.75, 3.05) is 76.1 Å². The number of likely N-dealkylation sites (tertiary alicyclic amines) is 1. The molecule has 16 heteroatoms. The number of aromatic nitrogens is 1. The van der Waals surface area contributed by atoms with E-state index in [-0.39, 0.29) is 56.3 Å². The van der Waals surface area contributed by atoms with E-state index in [1.807, 2.05) is 55.9 Å². The molecule has 0 unspecified atom stereocenters. The van der Waals surface area contributed by atoms with Gasteiger partial charge < -0.3 is 50.2 Å². The lowest BCUT2D eigenvalue weighted by Crippen LogP contribution is -2.54. The van der Waals surface area contributed by atoms with E-state index in [4.69, 9.17) is 9.47 Å². The number of fused-ring (bicyclic) bond motifs is 2. The Labute approximate surface area is 347 Å². The summed E-state index contributed by atoms with van der Waals surface area (Å²) in [4.78, 5) is 29.9. The lowest BCUT2D eigenvalue weighted by molar-refractivity contribution is -0.140.